The summed E-state index contributed by atoms with van der Waals surface area (Å²) in [4.78, 5) is 15.3. The number of rotatable bonds is 7. The maximum absolute atomic E-state index is 11.2. The lowest BCUT2D eigenvalue weighted by Gasteiger charge is -2.10. The predicted octanol–water partition coefficient (Wildman–Crippen LogP) is 1.43. The molecule has 6 nitrogen and oxygen atoms in total. The fourth-order valence-corrected chi connectivity index (χ4v) is 1.24. The number of ether oxygens (including phenoxy) is 2. The molecular weight excluding hydrogens is 234 g/mol. The van der Waals surface area contributed by atoms with E-state index in [2.05, 4.69) is 10.3 Å². The first kappa shape index (κ1) is 14.1. The fraction of sp³-hybridized carbons (Fsp3) is 0.500. The minimum Gasteiger partial charge on any atom is -0.476 e. The van der Waals surface area contributed by atoms with E-state index in [4.69, 9.17) is 15.2 Å². The zero-order valence-electron chi connectivity index (χ0n) is 10.7. The molecule has 3 N–H and O–H groups in total. The van der Waals surface area contributed by atoms with Crippen molar-refractivity contribution in [3.63, 3.8) is 0 Å². The molecule has 0 aromatic carbocycles. The Morgan fingerprint density at radius 2 is 2.22 bits per heavy atom. The number of hydrogen-bond acceptors (Lipinski definition) is 6. The third-order valence-electron chi connectivity index (χ3n) is 2.05. The van der Waals surface area contributed by atoms with Crippen LogP contribution in [0.5, 0.6) is 5.88 Å². The van der Waals surface area contributed by atoms with Gasteiger partial charge >= 0.3 is 5.97 Å². The van der Waals surface area contributed by atoms with Crippen LogP contribution in [-0.4, -0.2) is 30.7 Å². The number of anilines is 2. The monoisotopic (exact) mass is 253 g/mol. The fourth-order valence-electron chi connectivity index (χ4n) is 1.24. The van der Waals surface area contributed by atoms with E-state index in [0.717, 1.165) is 6.42 Å². The quantitative estimate of drug-likeness (QED) is 0.715. The first-order valence-electron chi connectivity index (χ1n) is 5.96. The minimum absolute atomic E-state index is 0.0674. The highest BCUT2D eigenvalue weighted by Gasteiger charge is 2.06. The van der Waals surface area contributed by atoms with Gasteiger partial charge in [0.05, 0.1) is 18.9 Å². The summed E-state index contributed by atoms with van der Waals surface area (Å²) in [7, 11) is 0. The van der Waals surface area contributed by atoms with E-state index in [1.54, 1.807) is 19.1 Å². The van der Waals surface area contributed by atoms with Gasteiger partial charge in [0.15, 0.2) is 0 Å². The maximum Gasteiger partial charge on any atom is 0.325 e. The van der Waals surface area contributed by atoms with Crippen LogP contribution >= 0.6 is 0 Å². The first-order chi connectivity index (χ1) is 8.67. The molecule has 0 fully saturated rings. The van der Waals surface area contributed by atoms with Gasteiger partial charge < -0.3 is 20.5 Å². The molecule has 0 aliphatic carbocycles. The third-order valence-corrected chi connectivity index (χ3v) is 2.05. The van der Waals surface area contributed by atoms with Crippen LogP contribution in [0.15, 0.2) is 12.1 Å². The number of carbonyl (C=O) groups excluding carboxylic acids is 1. The SMILES string of the molecule is CCCOc1nc(NCC(=O)OCC)ccc1N. The molecule has 0 amide bonds. The Labute approximate surface area is 106 Å². The van der Waals surface area contributed by atoms with Gasteiger partial charge in [-0.3, -0.25) is 4.79 Å². The number of nitrogens with zero attached hydrogens (tertiary/aromatic N) is 1. The van der Waals surface area contributed by atoms with E-state index in [1.165, 1.54) is 0 Å². The lowest BCUT2D eigenvalue weighted by atomic mass is 10.4. The second-order valence-corrected chi connectivity index (χ2v) is 3.60. The zero-order chi connectivity index (χ0) is 13.4. The van der Waals surface area contributed by atoms with Crippen LogP contribution < -0.4 is 15.8 Å². The molecule has 1 aromatic heterocycles. The van der Waals surface area contributed by atoms with Crippen molar-refractivity contribution in [3.05, 3.63) is 12.1 Å². The Hall–Kier alpha value is -1.98. The Morgan fingerprint density at radius 1 is 1.44 bits per heavy atom. The summed E-state index contributed by atoms with van der Waals surface area (Å²) in [6.07, 6.45) is 0.877. The molecule has 0 saturated carbocycles. The van der Waals surface area contributed by atoms with Crippen LogP contribution in [0.25, 0.3) is 0 Å². The molecule has 0 bridgehead atoms. The van der Waals surface area contributed by atoms with E-state index >= 15 is 0 Å². The van der Waals surface area contributed by atoms with Crippen LogP contribution in [0, 0.1) is 0 Å². The molecule has 0 radical (unpaired) electrons. The number of carbonyl (C=O) groups is 1. The molecule has 6 heteroatoms. The number of pyridine rings is 1. The van der Waals surface area contributed by atoms with Crippen molar-refractivity contribution < 1.29 is 14.3 Å². The number of hydrogen-bond donors (Lipinski definition) is 2. The molecule has 0 aliphatic rings. The number of nitrogens with one attached hydrogen (secondary N) is 1. The van der Waals surface area contributed by atoms with Crippen LogP contribution in [0.2, 0.25) is 0 Å². The molecule has 0 unspecified atom stereocenters. The molecule has 0 saturated heterocycles. The van der Waals surface area contributed by atoms with E-state index in [9.17, 15) is 4.79 Å². The Balaban J connectivity index is 2.58. The number of aromatic nitrogens is 1. The highest BCUT2D eigenvalue weighted by atomic mass is 16.5. The first-order valence-corrected chi connectivity index (χ1v) is 5.96. The van der Waals surface area contributed by atoms with E-state index in [-0.39, 0.29) is 12.5 Å². The van der Waals surface area contributed by atoms with E-state index in [1.807, 2.05) is 6.92 Å². The van der Waals surface area contributed by atoms with Gasteiger partial charge in [0.2, 0.25) is 5.88 Å². The van der Waals surface area contributed by atoms with Crippen molar-refractivity contribution in [2.24, 2.45) is 0 Å². The largest absolute Gasteiger partial charge is 0.476 e. The topological polar surface area (TPSA) is 86.5 Å². The average Bonchev–Trinajstić information content (AvgIpc) is 2.36. The van der Waals surface area contributed by atoms with Gasteiger partial charge in [-0.1, -0.05) is 6.92 Å². The predicted molar refractivity (Wildman–Crippen MR) is 69.6 cm³/mol. The van der Waals surface area contributed by atoms with Gasteiger partial charge in [-0.15, -0.1) is 0 Å². The lowest BCUT2D eigenvalue weighted by Crippen LogP contribution is -2.17. The summed E-state index contributed by atoms with van der Waals surface area (Å²) < 4.78 is 10.2. The van der Waals surface area contributed by atoms with Crippen LogP contribution in [-0.2, 0) is 9.53 Å². The summed E-state index contributed by atoms with van der Waals surface area (Å²) in [5.41, 5.74) is 6.20. The molecule has 1 rings (SSSR count). The summed E-state index contributed by atoms with van der Waals surface area (Å²) >= 11 is 0. The lowest BCUT2D eigenvalue weighted by molar-refractivity contribution is -0.140. The Morgan fingerprint density at radius 3 is 2.89 bits per heavy atom. The van der Waals surface area contributed by atoms with Crippen molar-refractivity contribution in [2.45, 2.75) is 20.3 Å². The van der Waals surface area contributed by atoms with Crippen molar-refractivity contribution in [1.82, 2.24) is 4.98 Å². The van der Waals surface area contributed by atoms with Crippen molar-refractivity contribution in [3.8, 4) is 5.88 Å². The number of esters is 1. The third kappa shape index (κ3) is 4.48. The van der Waals surface area contributed by atoms with Gasteiger partial charge in [-0.2, -0.15) is 4.98 Å². The van der Waals surface area contributed by atoms with E-state index < -0.39 is 0 Å². The van der Waals surface area contributed by atoms with Gasteiger partial charge in [0.25, 0.3) is 0 Å². The smallest absolute Gasteiger partial charge is 0.325 e. The van der Waals surface area contributed by atoms with Crippen molar-refractivity contribution in [2.75, 3.05) is 30.8 Å². The molecule has 100 valence electrons. The van der Waals surface area contributed by atoms with Gasteiger partial charge in [-0.25, -0.2) is 0 Å². The normalized spacial score (nSPS) is 9.89. The summed E-state index contributed by atoms with van der Waals surface area (Å²) in [5.74, 6) is 0.584. The van der Waals surface area contributed by atoms with Crippen LogP contribution in [0.4, 0.5) is 11.5 Å². The molecule has 1 heterocycles. The van der Waals surface area contributed by atoms with Crippen LogP contribution in [0.3, 0.4) is 0 Å². The highest BCUT2D eigenvalue weighted by Crippen LogP contribution is 2.20. The number of nitrogens with two attached hydrogens (primary N) is 1. The summed E-state index contributed by atoms with van der Waals surface area (Å²) in [6, 6.07) is 3.37. The average molecular weight is 253 g/mol. The molecule has 18 heavy (non-hydrogen) atoms. The van der Waals surface area contributed by atoms with Gasteiger partial charge in [0.1, 0.15) is 12.4 Å². The van der Waals surface area contributed by atoms with Crippen LogP contribution in [0.1, 0.15) is 20.3 Å². The minimum atomic E-state index is -0.327. The highest BCUT2D eigenvalue weighted by molar-refractivity contribution is 5.74. The Kier molecular flexibility index (Phi) is 5.76. The zero-order valence-corrected chi connectivity index (χ0v) is 10.7. The maximum atomic E-state index is 11.2. The van der Waals surface area contributed by atoms with Gasteiger partial charge in [-0.05, 0) is 25.5 Å². The molecule has 0 spiro atoms. The summed E-state index contributed by atoms with van der Waals surface area (Å²) in [6.45, 7) is 4.74. The molecule has 0 aliphatic heterocycles. The standard InChI is InChI=1S/C12H19N3O3/c1-3-7-18-12-9(13)5-6-10(15-12)14-8-11(16)17-4-2/h5-6H,3-4,7-8,13H2,1-2H3,(H,14,15). The number of nitrogen functional groups attached to an aromatic ring is 1. The second-order valence-electron chi connectivity index (χ2n) is 3.60. The van der Waals surface area contributed by atoms with Crippen molar-refractivity contribution in [1.29, 1.82) is 0 Å². The summed E-state index contributed by atoms with van der Waals surface area (Å²) in [5, 5.41) is 2.85. The Bertz CT molecular complexity index is 396. The van der Waals surface area contributed by atoms with E-state index in [0.29, 0.717) is 30.6 Å². The molecule has 0 atom stereocenters. The molecular formula is C12H19N3O3. The molecule has 1 aromatic rings. The van der Waals surface area contributed by atoms with Gasteiger partial charge in [0, 0.05) is 0 Å². The van der Waals surface area contributed by atoms with Crippen molar-refractivity contribution >= 4 is 17.5 Å². The second kappa shape index (κ2) is 7.37.